The van der Waals surface area contributed by atoms with Gasteiger partial charge in [0.05, 0.1) is 16.8 Å². The molecule has 132 valence electrons. The molecule has 2 heterocycles. The smallest absolute Gasteiger partial charge is 0.430 e. The summed E-state index contributed by atoms with van der Waals surface area (Å²) in [5.74, 6) is 0.593. The van der Waals surface area contributed by atoms with E-state index in [1.165, 1.54) is 0 Å². The first-order valence-electron chi connectivity index (χ1n) is 9.35. The van der Waals surface area contributed by atoms with Gasteiger partial charge in [-0.25, -0.2) is 4.39 Å². The summed E-state index contributed by atoms with van der Waals surface area (Å²) in [6.07, 6.45) is 0. The van der Waals surface area contributed by atoms with E-state index >= 15 is 0 Å². The van der Waals surface area contributed by atoms with Crippen LogP contribution in [0.1, 0.15) is 0 Å². The molecule has 5 aromatic rings. The molecule has 28 heavy (non-hydrogen) atoms. The maximum Gasteiger partial charge on any atom is 0.430 e. The fourth-order valence-electron chi connectivity index (χ4n) is 4.38. The van der Waals surface area contributed by atoms with Crippen LogP contribution in [0.25, 0.3) is 27.5 Å². The lowest BCUT2D eigenvalue weighted by molar-refractivity contribution is 0.591. The third-order valence-electron chi connectivity index (χ3n) is 5.54. The van der Waals surface area contributed by atoms with Crippen molar-refractivity contribution in [3.05, 3.63) is 96.8 Å². The van der Waals surface area contributed by atoms with E-state index in [1.54, 1.807) is 6.07 Å². The number of para-hydroxylation sites is 3. The van der Waals surface area contributed by atoms with Crippen LogP contribution in [0.15, 0.2) is 91.0 Å². The zero-order valence-electron chi connectivity index (χ0n) is 15.0. The predicted molar refractivity (Wildman–Crippen MR) is 113 cm³/mol. The van der Waals surface area contributed by atoms with Crippen LogP contribution < -0.4 is 15.6 Å². The summed E-state index contributed by atoms with van der Waals surface area (Å²) in [4.78, 5) is 0. The minimum Gasteiger partial charge on any atom is -0.551 e. The van der Waals surface area contributed by atoms with E-state index in [9.17, 15) is 4.39 Å². The normalized spacial score (nSPS) is 12.4. The van der Waals surface area contributed by atoms with Gasteiger partial charge in [-0.1, -0.05) is 60.7 Å². The molecule has 0 saturated carbocycles. The highest BCUT2D eigenvalue weighted by atomic mass is 19.1. The first kappa shape index (κ1) is 15.5. The van der Waals surface area contributed by atoms with Gasteiger partial charge in [-0.15, -0.1) is 0 Å². The molecule has 0 N–H and O–H groups in total. The van der Waals surface area contributed by atoms with Crippen LogP contribution in [-0.2, 0) is 0 Å². The Labute approximate surface area is 161 Å². The predicted octanol–water partition coefficient (Wildman–Crippen LogP) is 4.42. The van der Waals surface area contributed by atoms with Crippen molar-refractivity contribution in [2.75, 3.05) is 0 Å². The molecule has 0 aliphatic carbocycles. The number of rotatable bonds is 2. The topological polar surface area (TPSA) is 14.2 Å². The monoisotopic (exact) mass is 363 g/mol. The Morgan fingerprint density at radius 3 is 2.36 bits per heavy atom. The maximum atomic E-state index is 14.9. The Bertz CT molecular complexity index is 1360. The van der Waals surface area contributed by atoms with Crippen molar-refractivity contribution in [1.29, 1.82) is 0 Å². The molecule has 0 bridgehead atoms. The second-order valence-corrected chi connectivity index (χ2v) is 7.08. The lowest BCUT2D eigenvalue weighted by Gasteiger charge is -2.26. The first-order valence-corrected chi connectivity index (χ1v) is 9.35. The van der Waals surface area contributed by atoms with Crippen molar-refractivity contribution in [3.8, 4) is 11.4 Å². The van der Waals surface area contributed by atoms with E-state index in [0.29, 0.717) is 5.39 Å². The van der Waals surface area contributed by atoms with Crippen molar-refractivity contribution < 1.29 is 9.04 Å². The van der Waals surface area contributed by atoms with Gasteiger partial charge < -0.3 is 9.22 Å². The van der Waals surface area contributed by atoms with Gasteiger partial charge in [-0.3, -0.25) is 0 Å². The van der Waals surface area contributed by atoms with E-state index in [1.807, 2.05) is 72.8 Å². The number of nitrogens with zero attached hydrogens (tertiary/aromatic N) is 1. The molecule has 0 atom stereocenters. The molecule has 4 aromatic carbocycles. The highest BCUT2D eigenvalue weighted by Crippen LogP contribution is 2.34. The van der Waals surface area contributed by atoms with Crippen LogP contribution in [-0.4, -0.2) is 11.5 Å². The zero-order valence-corrected chi connectivity index (χ0v) is 15.0. The van der Waals surface area contributed by atoms with E-state index in [2.05, 4.69) is 16.7 Å². The third-order valence-corrected chi connectivity index (χ3v) is 5.54. The average molecular weight is 363 g/mol. The van der Waals surface area contributed by atoms with Crippen molar-refractivity contribution in [2.24, 2.45) is 0 Å². The minimum absolute atomic E-state index is 0.202. The fourth-order valence-corrected chi connectivity index (χ4v) is 4.38. The van der Waals surface area contributed by atoms with Crippen LogP contribution in [0.5, 0.6) is 5.75 Å². The van der Waals surface area contributed by atoms with Gasteiger partial charge in [-0.05, 0) is 41.3 Å². The van der Waals surface area contributed by atoms with Gasteiger partial charge in [0.15, 0.2) is 0 Å². The Kier molecular flexibility index (Phi) is 3.18. The third kappa shape index (κ3) is 2.03. The molecular formula is C24H15BFNO. The van der Waals surface area contributed by atoms with Gasteiger partial charge in [0, 0.05) is 16.5 Å². The van der Waals surface area contributed by atoms with Crippen LogP contribution in [0.2, 0.25) is 0 Å². The molecule has 0 radical (unpaired) electrons. The number of halogens is 1. The summed E-state index contributed by atoms with van der Waals surface area (Å²) in [5.41, 5.74) is 4.99. The van der Waals surface area contributed by atoms with E-state index in [0.717, 1.165) is 38.8 Å². The van der Waals surface area contributed by atoms with Crippen molar-refractivity contribution in [1.82, 2.24) is 4.57 Å². The summed E-state index contributed by atoms with van der Waals surface area (Å²) in [5, 5.41) is 1.58. The standard InChI is InChI=1S/C24H15BFNO/c26-20-15-14-19-24-23(20)17-10-4-6-12-21(17)27(24)22-13-7-5-11-18(22)25(19)28-16-8-2-1-3-9-16/h1-15H. The second-order valence-electron chi connectivity index (χ2n) is 7.08. The second kappa shape index (κ2) is 5.73. The SMILES string of the molecule is Fc1ccc2c3c1c1ccccc1n3-c1ccccc1B2Oc1ccccc1. The summed E-state index contributed by atoms with van der Waals surface area (Å²) >= 11 is 0. The zero-order chi connectivity index (χ0) is 18.7. The van der Waals surface area contributed by atoms with Crippen LogP contribution in [0.4, 0.5) is 4.39 Å². The minimum atomic E-state index is -0.293. The molecular weight excluding hydrogens is 348 g/mol. The van der Waals surface area contributed by atoms with Gasteiger partial charge >= 0.3 is 6.92 Å². The molecule has 0 spiro atoms. The molecule has 1 aliphatic heterocycles. The molecule has 0 saturated heterocycles. The lowest BCUT2D eigenvalue weighted by Crippen LogP contribution is -2.52. The van der Waals surface area contributed by atoms with Gasteiger partial charge in [0.25, 0.3) is 0 Å². The molecule has 0 fully saturated rings. The highest BCUT2D eigenvalue weighted by molar-refractivity contribution is 6.84. The fraction of sp³-hybridized carbons (Fsp3) is 0. The van der Waals surface area contributed by atoms with Crippen LogP contribution in [0, 0.1) is 5.82 Å². The van der Waals surface area contributed by atoms with Crippen molar-refractivity contribution in [2.45, 2.75) is 0 Å². The lowest BCUT2D eigenvalue weighted by atomic mass is 9.53. The van der Waals surface area contributed by atoms with E-state index < -0.39 is 0 Å². The van der Waals surface area contributed by atoms with Crippen LogP contribution in [0.3, 0.4) is 0 Å². The summed E-state index contributed by atoms with van der Waals surface area (Å²) < 4.78 is 23.5. The van der Waals surface area contributed by atoms with Crippen LogP contribution >= 0.6 is 0 Å². The number of hydrogen-bond donors (Lipinski definition) is 0. The molecule has 1 aliphatic rings. The number of fused-ring (bicyclic) bond motifs is 5. The van der Waals surface area contributed by atoms with Gasteiger partial charge in [-0.2, -0.15) is 0 Å². The summed E-state index contributed by atoms with van der Waals surface area (Å²) in [7, 11) is 0. The Hall–Kier alpha value is -3.53. The number of aromatic nitrogens is 1. The average Bonchev–Trinajstić information content (AvgIpc) is 3.10. The van der Waals surface area contributed by atoms with E-state index in [4.69, 9.17) is 4.65 Å². The van der Waals surface area contributed by atoms with Crippen molar-refractivity contribution >= 4 is 39.6 Å². The molecule has 6 rings (SSSR count). The molecule has 0 unspecified atom stereocenters. The molecule has 0 amide bonds. The summed E-state index contributed by atoms with van der Waals surface area (Å²) in [6.45, 7) is -0.293. The van der Waals surface area contributed by atoms with Gasteiger partial charge in [0.1, 0.15) is 5.82 Å². The Morgan fingerprint density at radius 1 is 0.714 bits per heavy atom. The largest absolute Gasteiger partial charge is 0.551 e. The summed E-state index contributed by atoms with van der Waals surface area (Å²) in [6, 6.07) is 29.4. The molecule has 4 heteroatoms. The highest BCUT2D eigenvalue weighted by Gasteiger charge is 2.36. The van der Waals surface area contributed by atoms with Crippen molar-refractivity contribution in [3.63, 3.8) is 0 Å². The molecule has 2 nitrogen and oxygen atoms in total. The van der Waals surface area contributed by atoms with E-state index in [-0.39, 0.29) is 12.7 Å². The Morgan fingerprint density at radius 2 is 1.46 bits per heavy atom. The molecule has 1 aromatic heterocycles. The number of hydrogen-bond acceptors (Lipinski definition) is 1. The quantitative estimate of drug-likeness (QED) is 0.424. The van der Waals surface area contributed by atoms with Gasteiger partial charge in [0.2, 0.25) is 0 Å². The Balaban J connectivity index is 1.74. The maximum absolute atomic E-state index is 14.9. The number of benzene rings is 4. The first-order chi connectivity index (χ1) is 13.8.